The van der Waals surface area contributed by atoms with Gasteiger partial charge in [0, 0.05) is 13.1 Å². The lowest BCUT2D eigenvalue weighted by atomic mass is 10.1. The van der Waals surface area contributed by atoms with Crippen molar-refractivity contribution in [3.8, 4) is 0 Å². The number of nitrogens with zero attached hydrogens (tertiary/aromatic N) is 2. The number of primary sulfonamides is 2. The minimum Gasteiger partial charge on any atom is -0.350 e. The molecule has 0 bridgehead atoms. The number of nitrogens with two attached hydrogens (primary N) is 2. The Hall–Kier alpha value is -3.72. The highest BCUT2D eigenvalue weighted by molar-refractivity contribution is 7.89. The van der Waals surface area contributed by atoms with Crippen molar-refractivity contribution >= 4 is 31.9 Å². The van der Waals surface area contributed by atoms with E-state index < -0.39 is 31.9 Å². The Morgan fingerprint density at radius 1 is 0.667 bits per heavy atom. The zero-order chi connectivity index (χ0) is 26.3. The van der Waals surface area contributed by atoms with E-state index in [9.17, 15) is 26.4 Å². The molecular formula is C22H24N6O6S2. The molecule has 0 radical (unpaired) electrons. The number of carbonyl (C=O) groups is 2. The van der Waals surface area contributed by atoms with E-state index in [-0.39, 0.29) is 34.3 Å². The van der Waals surface area contributed by atoms with Gasteiger partial charge in [-0.3, -0.25) is 14.6 Å². The minimum atomic E-state index is -3.77. The van der Waals surface area contributed by atoms with Gasteiger partial charge in [0.05, 0.1) is 22.2 Å². The maximum atomic E-state index is 12.4. The molecule has 3 aromatic rings. The van der Waals surface area contributed by atoms with Crippen molar-refractivity contribution in [1.82, 2.24) is 20.6 Å². The van der Waals surface area contributed by atoms with Crippen LogP contribution in [0.2, 0.25) is 0 Å². The summed E-state index contributed by atoms with van der Waals surface area (Å²) in [4.78, 5) is 32.8. The quantitative estimate of drug-likeness (QED) is 0.272. The third kappa shape index (κ3) is 7.64. The molecule has 6 N–H and O–H groups in total. The number of hydrogen-bond donors (Lipinski definition) is 4. The summed E-state index contributed by atoms with van der Waals surface area (Å²) in [6, 6.07) is 12.0. The van der Waals surface area contributed by atoms with Gasteiger partial charge in [0.1, 0.15) is 11.4 Å². The van der Waals surface area contributed by atoms with Crippen molar-refractivity contribution in [2.45, 2.75) is 22.6 Å². The standard InChI is InChI=1S/C22H24N6O6S2/c23-35(31,32)17-5-1-15(2-6-17)9-11-26-21(29)19-13-25-14-20(28-19)22(30)27-12-10-16-3-7-18(8-4-16)36(24,33)34/h1-8,13-14H,9-12H2,(H,26,29)(H,27,30)(H2,23,31,32)(H2,24,33,34). The predicted octanol–water partition coefficient (Wildman–Crippen LogP) is -0.284. The second-order valence-corrected chi connectivity index (χ2v) is 10.8. The van der Waals surface area contributed by atoms with Crippen molar-refractivity contribution in [2.24, 2.45) is 10.3 Å². The molecule has 2 aromatic carbocycles. The average molecular weight is 533 g/mol. The van der Waals surface area contributed by atoms with Crippen molar-refractivity contribution in [3.05, 3.63) is 83.4 Å². The van der Waals surface area contributed by atoms with E-state index in [0.29, 0.717) is 12.8 Å². The van der Waals surface area contributed by atoms with E-state index in [0.717, 1.165) is 11.1 Å². The maximum absolute atomic E-state index is 12.4. The monoisotopic (exact) mass is 532 g/mol. The number of nitrogens with one attached hydrogen (secondary N) is 2. The van der Waals surface area contributed by atoms with E-state index in [1.54, 1.807) is 24.3 Å². The SMILES string of the molecule is NS(=O)(=O)c1ccc(CCNC(=O)c2cncc(C(=O)NCCc3ccc(S(N)(=O)=O)cc3)n2)cc1. The van der Waals surface area contributed by atoms with Crippen molar-refractivity contribution in [2.75, 3.05) is 13.1 Å². The lowest BCUT2D eigenvalue weighted by Gasteiger charge is -2.08. The van der Waals surface area contributed by atoms with Gasteiger partial charge in [0.2, 0.25) is 20.0 Å². The highest BCUT2D eigenvalue weighted by Gasteiger charge is 2.14. The second-order valence-electron chi connectivity index (χ2n) is 7.68. The number of aromatic nitrogens is 2. The van der Waals surface area contributed by atoms with Gasteiger partial charge in [-0.05, 0) is 48.2 Å². The normalized spacial score (nSPS) is 11.6. The van der Waals surface area contributed by atoms with Crippen LogP contribution in [0.25, 0.3) is 0 Å². The number of amides is 2. The van der Waals surface area contributed by atoms with Crippen LogP contribution < -0.4 is 20.9 Å². The Bertz CT molecular complexity index is 1350. The van der Waals surface area contributed by atoms with E-state index in [2.05, 4.69) is 20.6 Å². The third-order valence-corrected chi connectivity index (χ3v) is 6.86. The molecule has 36 heavy (non-hydrogen) atoms. The van der Waals surface area contributed by atoms with Gasteiger partial charge in [-0.1, -0.05) is 24.3 Å². The molecule has 2 amide bonds. The Labute approximate surface area is 208 Å². The number of carbonyl (C=O) groups excluding carboxylic acids is 2. The van der Waals surface area contributed by atoms with Crippen molar-refractivity contribution in [3.63, 3.8) is 0 Å². The first-order chi connectivity index (χ1) is 16.9. The lowest BCUT2D eigenvalue weighted by Crippen LogP contribution is -2.30. The predicted molar refractivity (Wildman–Crippen MR) is 130 cm³/mol. The van der Waals surface area contributed by atoms with Crippen LogP contribution in [0.1, 0.15) is 32.1 Å². The first-order valence-corrected chi connectivity index (χ1v) is 13.6. The highest BCUT2D eigenvalue weighted by atomic mass is 32.2. The van der Waals surface area contributed by atoms with Crippen LogP contribution in [0, 0.1) is 0 Å². The van der Waals surface area contributed by atoms with Crippen molar-refractivity contribution in [1.29, 1.82) is 0 Å². The van der Waals surface area contributed by atoms with Crippen molar-refractivity contribution < 1.29 is 26.4 Å². The van der Waals surface area contributed by atoms with Crippen LogP contribution in [0.4, 0.5) is 0 Å². The fraction of sp³-hybridized carbons (Fsp3) is 0.182. The molecule has 0 saturated carbocycles. The lowest BCUT2D eigenvalue weighted by molar-refractivity contribution is 0.0944. The number of sulfonamides is 2. The summed E-state index contributed by atoms with van der Waals surface area (Å²) in [7, 11) is -7.54. The molecule has 12 nitrogen and oxygen atoms in total. The molecule has 3 rings (SSSR count). The molecule has 0 aliphatic heterocycles. The zero-order valence-corrected chi connectivity index (χ0v) is 20.6. The fourth-order valence-corrected chi connectivity index (χ4v) is 4.13. The summed E-state index contributed by atoms with van der Waals surface area (Å²) in [5.41, 5.74) is 1.51. The molecule has 190 valence electrons. The molecule has 0 saturated heterocycles. The Kier molecular flexibility index (Phi) is 8.47. The number of hydrogen-bond acceptors (Lipinski definition) is 8. The third-order valence-electron chi connectivity index (χ3n) is 5.00. The summed E-state index contributed by atoms with van der Waals surface area (Å²) in [6.07, 6.45) is 3.34. The maximum Gasteiger partial charge on any atom is 0.271 e. The van der Waals surface area contributed by atoms with E-state index >= 15 is 0 Å². The van der Waals surface area contributed by atoms with Gasteiger partial charge >= 0.3 is 0 Å². The molecule has 0 aliphatic carbocycles. The topological polar surface area (TPSA) is 204 Å². The molecule has 1 heterocycles. The second kappa shape index (κ2) is 11.3. The Morgan fingerprint density at radius 2 is 1.03 bits per heavy atom. The molecule has 0 atom stereocenters. The van der Waals surface area contributed by atoms with Gasteiger partial charge in [-0.25, -0.2) is 32.1 Å². The van der Waals surface area contributed by atoms with E-state index in [4.69, 9.17) is 10.3 Å². The highest BCUT2D eigenvalue weighted by Crippen LogP contribution is 2.10. The fourth-order valence-electron chi connectivity index (χ4n) is 3.10. The van der Waals surface area contributed by atoms with E-state index in [1.807, 2.05) is 0 Å². The van der Waals surface area contributed by atoms with Crippen LogP contribution in [0.5, 0.6) is 0 Å². The zero-order valence-electron chi connectivity index (χ0n) is 18.9. The smallest absolute Gasteiger partial charge is 0.271 e. The molecule has 14 heteroatoms. The summed E-state index contributed by atoms with van der Waals surface area (Å²) >= 11 is 0. The summed E-state index contributed by atoms with van der Waals surface area (Å²) in [5, 5.41) is 15.5. The molecule has 0 unspecified atom stereocenters. The van der Waals surface area contributed by atoms with Crippen LogP contribution in [-0.2, 0) is 32.9 Å². The van der Waals surface area contributed by atoms with Crippen LogP contribution >= 0.6 is 0 Å². The Balaban J connectivity index is 1.49. The van der Waals surface area contributed by atoms with Gasteiger partial charge in [0.15, 0.2) is 0 Å². The average Bonchev–Trinajstić information content (AvgIpc) is 2.83. The molecular weight excluding hydrogens is 508 g/mol. The molecule has 0 aliphatic rings. The number of rotatable bonds is 10. The summed E-state index contributed by atoms with van der Waals surface area (Å²) < 4.78 is 45.2. The summed E-state index contributed by atoms with van der Waals surface area (Å²) in [5.74, 6) is -1.04. The van der Waals surface area contributed by atoms with Gasteiger partial charge < -0.3 is 10.6 Å². The first kappa shape index (κ1) is 26.9. The molecule has 0 spiro atoms. The van der Waals surface area contributed by atoms with Crippen LogP contribution in [0.3, 0.4) is 0 Å². The minimum absolute atomic E-state index is 0.000561. The first-order valence-electron chi connectivity index (χ1n) is 10.6. The van der Waals surface area contributed by atoms with Gasteiger partial charge in [0.25, 0.3) is 11.8 Å². The van der Waals surface area contributed by atoms with E-state index in [1.165, 1.54) is 36.7 Å². The summed E-state index contributed by atoms with van der Waals surface area (Å²) in [6.45, 7) is 0.492. The van der Waals surface area contributed by atoms with Gasteiger partial charge in [-0.15, -0.1) is 0 Å². The largest absolute Gasteiger partial charge is 0.350 e. The Morgan fingerprint density at radius 3 is 1.36 bits per heavy atom. The number of benzene rings is 2. The van der Waals surface area contributed by atoms with Gasteiger partial charge in [-0.2, -0.15) is 0 Å². The van der Waals surface area contributed by atoms with Crippen LogP contribution in [-0.4, -0.2) is 51.7 Å². The van der Waals surface area contributed by atoms with Crippen LogP contribution in [0.15, 0.2) is 70.7 Å². The molecule has 0 fully saturated rings. The molecule has 1 aromatic heterocycles.